The molecule has 204 valence electrons. The van der Waals surface area contributed by atoms with E-state index >= 15 is 0 Å². The van der Waals surface area contributed by atoms with Crippen molar-refractivity contribution in [2.24, 2.45) is 5.92 Å². The Bertz CT molecular complexity index is 1520. The lowest BCUT2D eigenvalue weighted by atomic mass is 9.96. The van der Waals surface area contributed by atoms with Crippen LogP contribution in [-0.2, 0) is 17.9 Å². The van der Waals surface area contributed by atoms with E-state index < -0.39 is 5.54 Å². The molecule has 2 aliphatic heterocycles. The van der Waals surface area contributed by atoms with Crippen LogP contribution < -0.4 is 9.47 Å². The first kappa shape index (κ1) is 25.6. The molecule has 1 aromatic carbocycles. The number of thiophene rings is 1. The molecule has 39 heavy (non-hydrogen) atoms. The average molecular weight is 548 g/mol. The molecule has 5 heterocycles. The van der Waals surface area contributed by atoms with Gasteiger partial charge >= 0.3 is 0 Å². The van der Waals surface area contributed by atoms with Crippen LogP contribution in [0.15, 0.2) is 41.4 Å². The van der Waals surface area contributed by atoms with Crippen LogP contribution in [0.5, 0.6) is 11.5 Å². The maximum absolute atomic E-state index is 14.0. The summed E-state index contributed by atoms with van der Waals surface area (Å²) in [7, 11) is 1.66. The number of methoxy groups -OCH3 is 1. The summed E-state index contributed by atoms with van der Waals surface area (Å²) in [5.41, 5.74) is 5.26. The SMILES string of the molecule is COc1cc2c(cc1-c1cnn(CC(C)C)c1)-c1c(c(C(=O)N3CCOCC3(C)C)nn1-c1ccsc1)CO2. The van der Waals surface area contributed by atoms with Gasteiger partial charge < -0.3 is 19.1 Å². The van der Waals surface area contributed by atoms with Gasteiger partial charge in [-0.25, -0.2) is 4.68 Å². The minimum atomic E-state index is -0.432. The Morgan fingerprint density at radius 2 is 2.10 bits per heavy atom. The molecule has 0 aliphatic carbocycles. The van der Waals surface area contributed by atoms with Crippen LogP contribution >= 0.6 is 11.3 Å². The number of rotatable bonds is 6. The molecule has 0 saturated carbocycles. The maximum atomic E-state index is 14.0. The highest BCUT2D eigenvalue weighted by Gasteiger charge is 2.39. The molecule has 9 nitrogen and oxygen atoms in total. The van der Waals surface area contributed by atoms with E-state index in [2.05, 4.69) is 25.0 Å². The molecule has 0 spiro atoms. The summed E-state index contributed by atoms with van der Waals surface area (Å²) in [6, 6.07) is 6.01. The van der Waals surface area contributed by atoms with Gasteiger partial charge in [-0.2, -0.15) is 21.5 Å². The van der Waals surface area contributed by atoms with E-state index in [4.69, 9.17) is 19.3 Å². The Hall–Kier alpha value is -3.63. The predicted molar refractivity (Wildman–Crippen MR) is 150 cm³/mol. The van der Waals surface area contributed by atoms with Crippen LogP contribution in [0.25, 0.3) is 28.1 Å². The summed E-state index contributed by atoms with van der Waals surface area (Å²) >= 11 is 1.59. The van der Waals surface area contributed by atoms with Crippen LogP contribution in [0.4, 0.5) is 0 Å². The average Bonchev–Trinajstić information content (AvgIpc) is 3.67. The second kappa shape index (κ2) is 9.84. The van der Waals surface area contributed by atoms with Crippen LogP contribution in [-0.4, -0.2) is 62.8 Å². The first-order chi connectivity index (χ1) is 18.8. The van der Waals surface area contributed by atoms with Gasteiger partial charge in [-0.1, -0.05) is 13.8 Å². The Labute approximate surface area is 231 Å². The molecule has 3 aromatic heterocycles. The van der Waals surface area contributed by atoms with E-state index in [1.54, 1.807) is 18.4 Å². The third kappa shape index (κ3) is 4.51. The number of morpholine rings is 1. The van der Waals surface area contributed by atoms with Crippen LogP contribution in [0, 0.1) is 5.92 Å². The standard InChI is InChI=1S/C29H33N5O4S/c1-18(2)13-32-14-19(12-30-32)21-10-22-25(11-24(21)36-5)38-15-23-26(28(35)33-7-8-37-17-29(33,3)4)31-34(27(22)23)20-6-9-39-16-20/h6,9-12,14,16,18H,7-8,13,15,17H2,1-5H3. The minimum absolute atomic E-state index is 0.107. The monoisotopic (exact) mass is 547 g/mol. The van der Waals surface area contributed by atoms with Crippen molar-refractivity contribution < 1.29 is 19.0 Å². The van der Waals surface area contributed by atoms with Gasteiger partial charge in [0, 0.05) is 53.0 Å². The number of fused-ring (bicyclic) bond motifs is 3. The fourth-order valence-electron chi connectivity index (χ4n) is 5.35. The van der Waals surface area contributed by atoms with Crippen LogP contribution in [0.1, 0.15) is 43.7 Å². The molecule has 0 radical (unpaired) electrons. The molecule has 6 rings (SSSR count). The van der Waals surface area contributed by atoms with Crippen molar-refractivity contribution >= 4 is 17.2 Å². The molecule has 1 amide bonds. The lowest BCUT2D eigenvalue weighted by Gasteiger charge is -2.41. The summed E-state index contributed by atoms with van der Waals surface area (Å²) in [5, 5.41) is 13.5. The van der Waals surface area contributed by atoms with Gasteiger partial charge in [0.25, 0.3) is 5.91 Å². The number of hydrogen-bond acceptors (Lipinski definition) is 7. The molecule has 0 bridgehead atoms. The van der Waals surface area contributed by atoms with E-state index in [9.17, 15) is 4.79 Å². The number of carbonyl (C=O) groups is 1. The fourth-order valence-corrected chi connectivity index (χ4v) is 5.96. The van der Waals surface area contributed by atoms with Gasteiger partial charge in [-0.3, -0.25) is 9.48 Å². The predicted octanol–water partition coefficient (Wildman–Crippen LogP) is 5.27. The topological polar surface area (TPSA) is 83.6 Å². The fraction of sp³-hybridized carbons (Fsp3) is 0.414. The lowest BCUT2D eigenvalue weighted by Crippen LogP contribution is -2.55. The maximum Gasteiger partial charge on any atom is 0.275 e. The van der Waals surface area contributed by atoms with E-state index in [0.717, 1.165) is 40.2 Å². The van der Waals surface area contributed by atoms with Crippen molar-refractivity contribution in [3.63, 3.8) is 0 Å². The van der Waals surface area contributed by atoms with Crippen molar-refractivity contribution in [1.29, 1.82) is 0 Å². The van der Waals surface area contributed by atoms with E-state index in [-0.39, 0.29) is 12.5 Å². The first-order valence-corrected chi connectivity index (χ1v) is 14.1. The van der Waals surface area contributed by atoms with Gasteiger partial charge in [-0.05, 0) is 37.3 Å². The zero-order valence-corrected chi connectivity index (χ0v) is 23.7. The molecular formula is C29H33N5O4S. The molecule has 2 aliphatic rings. The molecule has 0 atom stereocenters. The molecule has 0 N–H and O–H groups in total. The van der Waals surface area contributed by atoms with Crippen molar-refractivity contribution in [2.45, 2.75) is 46.4 Å². The van der Waals surface area contributed by atoms with Gasteiger partial charge in [0.15, 0.2) is 5.69 Å². The summed E-state index contributed by atoms with van der Waals surface area (Å²) < 4.78 is 21.5. The zero-order valence-electron chi connectivity index (χ0n) is 22.9. The Morgan fingerprint density at radius 3 is 2.82 bits per heavy atom. The Kier molecular flexibility index (Phi) is 6.47. The molecule has 4 aromatic rings. The number of benzene rings is 1. The quantitative estimate of drug-likeness (QED) is 0.327. The van der Waals surface area contributed by atoms with E-state index in [0.29, 0.717) is 42.9 Å². The van der Waals surface area contributed by atoms with Crippen LogP contribution in [0.3, 0.4) is 0 Å². The van der Waals surface area contributed by atoms with Gasteiger partial charge in [-0.15, -0.1) is 0 Å². The molecule has 10 heteroatoms. The van der Waals surface area contributed by atoms with Gasteiger partial charge in [0.1, 0.15) is 18.1 Å². The molecular weight excluding hydrogens is 514 g/mol. The second-order valence-electron chi connectivity index (χ2n) is 11.1. The normalized spacial score (nSPS) is 16.1. The van der Waals surface area contributed by atoms with Crippen molar-refractivity contribution in [1.82, 2.24) is 24.5 Å². The molecule has 1 saturated heterocycles. The number of amides is 1. The number of carbonyl (C=O) groups excluding carboxylic acids is 1. The first-order valence-electron chi connectivity index (χ1n) is 13.2. The Balaban J connectivity index is 1.51. The smallest absolute Gasteiger partial charge is 0.275 e. The zero-order chi connectivity index (χ0) is 27.3. The number of aromatic nitrogens is 4. The lowest BCUT2D eigenvalue weighted by molar-refractivity contribution is -0.0374. The van der Waals surface area contributed by atoms with Crippen molar-refractivity contribution in [3.8, 4) is 39.6 Å². The molecule has 0 unspecified atom stereocenters. The van der Waals surface area contributed by atoms with Crippen LogP contribution in [0.2, 0.25) is 0 Å². The summed E-state index contributed by atoms with van der Waals surface area (Å²) in [6.45, 7) is 11.0. The number of ether oxygens (including phenoxy) is 3. The summed E-state index contributed by atoms with van der Waals surface area (Å²) in [5.74, 6) is 1.77. The highest BCUT2D eigenvalue weighted by molar-refractivity contribution is 7.08. The minimum Gasteiger partial charge on any atom is -0.496 e. The van der Waals surface area contributed by atoms with E-state index in [1.807, 2.05) is 63.4 Å². The van der Waals surface area contributed by atoms with E-state index in [1.165, 1.54) is 0 Å². The molecule has 1 fully saturated rings. The van der Waals surface area contributed by atoms with Gasteiger partial charge in [0.05, 0.1) is 43.4 Å². The second-order valence-corrected chi connectivity index (χ2v) is 11.9. The highest BCUT2D eigenvalue weighted by atomic mass is 32.1. The van der Waals surface area contributed by atoms with Crippen molar-refractivity contribution in [2.75, 3.05) is 26.9 Å². The number of nitrogens with zero attached hydrogens (tertiary/aromatic N) is 5. The van der Waals surface area contributed by atoms with Crippen molar-refractivity contribution in [3.05, 3.63) is 52.6 Å². The Morgan fingerprint density at radius 1 is 1.26 bits per heavy atom. The number of hydrogen-bond donors (Lipinski definition) is 0. The third-order valence-electron chi connectivity index (χ3n) is 7.25. The van der Waals surface area contributed by atoms with Gasteiger partial charge in [0.2, 0.25) is 0 Å². The third-order valence-corrected chi connectivity index (χ3v) is 7.92. The highest BCUT2D eigenvalue weighted by Crippen LogP contribution is 2.46. The summed E-state index contributed by atoms with van der Waals surface area (Å²) in [6.07, 6.45) is 3.91. The largest absolute Gasteiger partial charge is 0.496 e. The summed E-state index contributed by atoms with van der Waals surface area (Å²) in [4.78, 5) is 15.8.